The van der Waals surface area contributed by atoms with Crippen molar-refractivity contribution < 1.29 is 9.47 Å². The predicted molar refractivity (Wildman–Crippen MR) is 45.4 cm³/mol. The van der Waals surface area contributed by atoms with Crippen LogP contribution < -0.4 is 0 Å². The van der Waals surface area contributed by atoms with E-state index in [-0.39, 0.29) is 6.10 Å². The minimum Gasteiger partial charge on any atom is -0.359 e. The molecule has 0 saturated heterocycles. The van der Waals surface area contributed by atoms with Gasteiger partial charge >= 0.3 is 0 Å². The Morgan fingerprint density at radius 2 is 2.30 bits per heavy atom. The van der Waals surface area contributed by atoms with Gasteiger partial charge in [-0.2, -0.15) is 0 Å². The Morgan fingerprint density at radius 1 is 1.70 bits per heavy atom. The Hall–Kier alpha value is 0.140. The van der Waals surface area contributed by atoms with Crippen LogP contribution in [0.1, 0.15) is 6.92 Å². The molecule has 0 heterocycles. The highest BCUT2D eigenvalue weighted by atomic mass is 79.9. The molecular weight excluding hydrogens is 196 g/mol. The van der Waals surface area contributed by atoms with Crippen LogP contribution in [0, 0.1) is 0 Å². The van der Waals surface area contributed by atoms with Gasteiger partial charge in [-0.15, -0.1) is 0 Å². The largest absolute Gasteiger partial charge is 0.359 e. The van der Waals surface area contributed by atoms with E-state index in [1.54, 1.807) is 7.11 Å². The number of rotatable bonds is 5. The molecule has 0 aliphatic rings. The Kier molecular flexibility index (Phi) is 5.97. The van der Waals surface area contributed by atoms with Gasteiger partial charge < -0.3 is 9.47 Å². The molecule has 0 spiro atoms. The lowest BCUT2D eigenvalue weighted by Crippen LogP contribution is -2.13. The normalized spacial score (nSPS) is 13.1. The molecule has 0 fully saturated rings. The van der Waals surface area contributed by atoms with Crippen LogP contribution >= 0.6 is 15.9 Å². The lowest BCUT2D eigenvalue weighted by molar-refractivity contribution is -0.0526. The van der Waals surface area contributed by atoms with E-state index in [2.05, 4.69) is 22.5 Å². The van der Waals surface area contributed by atoms with Crippen LogP contribution in [-0.4, -0.2) is 25.3 Å². The van der Waals surface area contributed by atoms with Gasteiger partial charge in [0.15, 0.2) is 0 Å². The average molecular weight is 209 g/mol. The minimum absolute atomic E-state index is 0.0688. The molecular formula is C7H13BrO2. The topological polar surface area (TPSA) is 18.5 Å². The number of ether oxygens (including phenoxy) is 2. The molecule has 0 unspecified atom stereocenters. The summed E-state index contributed by atoms with van der Waals surface area (Å²) >= 11 is 3.29. The molecule has 0 aliphatic carbocycles. The van der Waals surface area contributed by atoms with Crippen molar-refractivity contribution in [2.75, 3.05) is 19.2 Å². The van der Waals surface area contributed by atoms with E-state index < -0.39 is 0 Å². The third-order valence-electron chi connectivity index (χ3n) is 1.18. The Labute approximate surface area is 70.3 Å². The van der Waals surface area contributed by atoms with Crippen molar-refractivity contribution in [3.05, 3.63) is 12.2 Å². The highest BCUT2D eigenvalue weighted by Crippen LogP contribution is 2.06. The second-order valence-corrected chi connectivity index (χ2v) is 2.57. The van der Waals surface area contributed by atoms with Crippen molar-refractivity contribution in [2.45, 2.75) is 13.0 Å². The fraction of sp³-hybridized carbons (Fsp3) is 0.714. The summed E-state index contributed by atoms with van der Waals surface area (Å²) in [6, 6.07) is 0. The summed E-state index contributed by atoms with van der Waals surface area (Å²) in [6.07, 6.45) is 0.0688. The van der Waals surface area contributed by atoms with Crippen LogP contribution in [0.3, 0.4) is 0 Å². The summed E-state index contributed by atoms with van der Waals surface area (Å²) < 4.78 is 9.92. The monoisotopic (exact) mass is 208 g/mol. The zero-order valence-corrected chi connectivity index (χ0v) is 7.98. The molecule has 10 heavy (non-hydrogen) atoms. The van der Waals surface area contributed by atoms with E-state index >= 15 is 0 Å². The van der Waals surface area contributed by atoms with Crippen molar-refractivity contribution in [1.82, 2.24) is 0 Å². The first kappa shape index (κ1) is 10.1. The third kappa shape index (κ3) is 4.04. The zero-order valence-electron chi connectivity index (χ0n) is 6.39. The highest BCUT2D eigenvalue weighted by molar-refractivity contribution is 9.09. The number of halogens is 1. The maximum Gasteiger partial charge on any atom is 0.147 e. The molecule has 0 bridgehead atoms. The van der Waals surface area contributed by atoms with E-state index in [4.69, 9.17) is 9.47 Å². The van der Waals surface area contributed by atoms with Crippen molar-refractivity contribution >= 4 is 15.9 Å². The van der Waals surface area contributed by atoms with Crippen LogP contribution in [0.4, 0.5) is 0 Å². The van der Waals surface area contributed by atoms with E-state index in [0.717, 1.165) is 10.9 Å². The molecule has 0 aromatic rings. The summed E-state index contributed by atoms with van der Waals surface area (Å²) in [5.74, 6) is 0. The number of alkyl halides is 1. The Morgan fingerprint density at radius 3 is 2.70 bits per heavy atom. The Bertz CT molecular complexity index is 104. The smallest absolute Gasteiger partial charge is 0.147 e. The van der Waals surface area contributed by atoms with Gasteiger partial charge in [0.05, 0.1) is 6.10 Å². The van der Waals surface area contributed by atoms with Gasteiger partial charge in [0.1, 0.15) is 6.79 Å². The van der Waals surface area contributed by atoms with Crippen LogP contribution in [0.15, 0.2) is 12.2 Å². The van der Waals surface area contributed by atoms with E-state index in [0.29, 0.717) is 6.79 Å². The molecule has 0 radical (unpaired) electrons. The maximum absolute atomic E-state index is 5.19. The van der Waals surface area contributed by atoms with Crippen LogP contribution in [0.25, 0.3) is 0 Å². The molecule has 1 atom stereocenters. The average Bonchev–Trinajstić information content (AvgIpc) is 1.98. The summed E-state index contributed by atoms with van der Waals surface area (Å²) in [5.41, 5.74) is 1.03. The summed E-state index contributed by atoms with van der Waals surface area (Å²) in [6.45, 7) is 6.07. The number of methoxy groups -OCH3 is 1. The molecule has 0 N–H and O–H groups in total. The molecule has 0 aromatic carbocycles. The quantitative estimate of drug-likeness (QED) is 0.391. The van der Waals surface area contributed by atoms with Gasteiger partial charge in [-0.1, -0.05) is 22.5 Å². The SMILES string of the molecule is C=C(CBr)[C@@H](C)OCOC. The number of hydrogen-bond acceptors (Lipinski definition) is 2. The molecule has 0 rings (SSSR count). The van der Waals surface area contributed by atoms with Crippen molar-refractivity contribution in [3.63, 3.8) is 0 Å². The summed E-state index contributed by atoms with van der Waals surface area (Å²) in [4.78, 5) is 0. The van der Waals surface area contributed by atoms with Gasteiger partial charge in [0.25, 0.3) is 0 Å². The van der Waals surface area contributed by atoms with Crippen LogP contribution in [0.5, 0.6) is 0 Å². The lowest BCUT2D eigenvalue weighted by Gasteiger charge is -2.12. The molecule has 0 aromatic heterocycles. The highest BCUT2D eigenvalue weighted by Gasteiger charge is 2.03. The fourth-order valence-electron chi connectivity index (χ4n) is 0.397. The second-order valence-electron chi connectivity index (χ2n) is 2.01. The van der Waals surface area contributed by atoms with E-state index in [1.807, 2.05) is 6.92 Å². The third-order valence-corrected chi connectivity index (χ3v) is 1.90. The molecule has 0 saturated carbocycles. The minimum atomic E-state index is 0.0688. The van der Waals surface area contributed by atoms with Gasteiger partial charge in [-0.25, -0.2) is 0 Å². The van der Waals surface area contributed by atoms with E-state index in [9.17, 15) is 0 Å². The zero-order chi connectivity index (χ0) is 7.98. The molecule has 3 heteroatoms. The molecule has 0 aliphatic heterocycles. The first-order valence-electron chi connectivity index (χ1n) is 3.06. The second kappa shape index (κ2) is 5.89. The van der Waals surface area contributed by atoms with Gasteiger partial charge in [0.2, 0.25) is 0 Å². The van der Waals surface area contributed by atoms with Crippen molar-refractivity contribution in [3.8, 4) is 0 Å². The van der Waals surface area contributed by atoms with Gasteiger partial charge in [-0.05, 0) is 12.5 Å². The summed E-state index contributed by atoms with van der Waals surface area (Å²) in [5, 5.41) is 0.776. The number of hydrogen-bond donors (Lipinski definition) is 0. The first-order valence-corrected chi connectivity index (χ1v) is 4.18. The molecule has 60 valence electrons. The fourth-order valence-corrected chi connectivity index (χ4v) is 0.853. The van der Waals surface area contributed by atoms with E-state index in [1.165, 1.54) is 0 Å². The first-order chi connectivity index (χ1) is 4.72. The maximum atomic E-state index is 5.19. The van der Waals surface area contributed by atoms with Gasteiger partial charge in [0, 0.05) is 12.4 Å². The van der Waals surface area contributed by atoms with Crippen molar-refractivity contribution in [1.29, 1.82) is 0 Å². The molecule has 2 nitrogen and oxygen atoms in total. The standard InChI is InChI=1S/C7H13BrO2/c1-6(4-8)7(2)10-5-9-3/h7H,1,4-5H2,2-3H3/t7-/m1/s1. The Balaban J connectivity index is 3.41. The van der Waals surface area contributed by atoms with Crippen LogP contribution in [-0.2, 0) is 9.47 Å². The molecule has 0 amide bonds. The lowest BCUT2D eigenvalue weighted by atomic mass is 10.2. The predicted octanol–water partition coefficient (Wildman–Crippen LogP) is 1.95. The van der Waals surface area contributed by atoms with Crippen LogP contribution in [0.2, 0.25) is 0 Å². The van der Waals surface area contributed by atoms with Gasteiger partial charge in [-0.3, -0.25) is 0 Å². The summed E-state index contributed by atoms with van der Waals surface area (Å²) in [7, 11) is 1.60. The van der Waals surface area contributed by atoms with Crippen molar-refractivity contribution in [2.24, 2.45) is 0 Å².